The van der Waals surface area contributed by atoms with Crippen molar-refractivity contribution in [2.24, 2.45) is 0 Å². The van der Waals surface area contributed by atoms with E-state index in [9.17, 15) is 25.2 Å². The molecular weight excluding hydrogens is 352 g/mol. The number of aromatic nitrogens is 1. The lowest BCUT2D eigenvalue weighted by Crippen LogP contribution is -2.55. The summed E-state index contributed by atoms with van der Waals surface area (Å²) in [5.41, 5.74) is 2.11. The number of aliphatic hydroxyl groups is 4. The Labute approximate surface area is 156 Å². The number of ketones is 1. The minimum Gasteiger partial charge on any atom is -0.394 e. The molecule has 1 aliphatic heterocycles. The van der Waals surface area contributed by atoms with Gasteiger partial charge in [-0.05, 0) is 32.0 Å². The van der Waals surface area contributed by atoms with Crippen LogP contribution in [0.25, 0.3) is 10.9 Å². The van der Waals surface area contributed by atoms with Crippen molar-refractivity contribution in [3.05, 3.63) is 35.5 Å². The Morgan fingerprint density at radius 1 is 1.22 bits per heavy atom. The minimum absolute atomic E-state index is 0.0254. The van der Waals surface area contributed by atoms with Gasteiger partial charge in [-0.2, -0.15) is 0 Å². The fourth-order valence-electron chi connectivity index (χ4n) is 3.68. The number of aliphatic hydroxyl groups excluding tert-OH is 4. The van der Waals surface area contributed by atoms with Crippen LogP contribution in [0.15, 0.2) is 24.3 Å². The zero-order valence-electron chi connectivity index (χ0n) is 15.3. The lowest BCUT2D eigenvalue weighted by Gasteiger charge is -2.40. The van der Waals surface area contributed by atoms with Crippen molar-refractivity contribution in [1.82, 2.24) is 10.3 Å². The van der Waals surface area contributed by atoms with Gasteiger partial charge < -0.3 is 35.5 Å². The number of aromatic amines is 1. The summed E-state index contributed by atoms with van der Waals surface area (Å²) in [4.78, 5) is 15.1. The number of ether oxygens (including phenoxy) is 1. The van der Waals surface area contributed by atoms with E-state index >= 15 is 0 Å². The lowest BCUT2D eigenvalue weighted by atomic mass is 9.90. The van der Waals surface area contributed by atoms with E-state index in [1.165, 1.54) is 6.92 Å². The predicted molar refractivity (Wildman–Crippen MR) is 98.3 cm³/mol. The van der Waals surface area contributed by atoms with Crippen LogP contribution < -0.4 is 5.32 Å². The topological polar surface area (TPSA) is 135 Å². The van der Waals surface area contributed by atoms with Gasteiger partial charge in [0.05, 0.1) is 18.3 Å². The molecule has 148 valence electrons. The van der Waals surface area contributed by atoms with Gasteiger partial charge in [0.25, 0.3) is 0 Å². The highest BCUT2D eigenvalue weighted by Gasteiger charge is 2.45. The molecule has 1 aliphatic rings. The quantitative estimate of drug-likeness (QED) is 0.395. The Morgan fingerprint density at radius 3 is 2.56 bits per heavy atom. The summed E-state index contributed by atoms with van der Waals surface area (Å²) in [6.07, 6.45) is -5.89. The fourth-order valence-corrected chi connectivity index (χ4v) is 3.68. The first-order valence-corrected chi connectivity index (χ1v) is 8.96. The molecule has 3 unspecified atom stereocenters. The summed E-state index contributed by atoms with van der Waals surface area (Å²) in [6, 6.07) is 7.09. The Kier molecular flexibility index (Phi) is 5.95. The van der Waals surface area contributed by atoms with E-state index in [-0.39, 0.29) is 5.78 Å². The molecule has 1 saturated heterocycles. The molecule has 1 aromatic carbocycles. The Hall–Kier alpha value is -1.81. The van der Waals surface area contributed by atoms with Crippen molar-refractivity contribution in [2.45, 2.75) is 49.9 Å². The molecule has 0 saturated carbocycles. The van der Waals surface area contributed by atoms with E-state index in [1.807, 2.05) is 24.3 Å². The van der Waals surface area contributed by atoms with Crippen molar-refractivity contribution < 1.29 is 30.0 Å². The molecule has 1 aromatic heterocycles. The van der Waals surface area contributed by atoms with Gasteiger partial charge in [0.2, 0.25) is 0 Å². The predicted octanol–water partition coefficient (Wildman–Crippen LogP) is -0.598. The first-order valence-electron chi connectivity index (χ1n) is 8.96. The highest BCUT2D eigenvalue weighted by atomic mass is 16.5. The third-order valence-electron chi connectivity index (χ3n) is 5.27. The van der Waals surface area contributed by atoms with Gasteiger partial charge in [-0.25, -0.2) is 0 Å². The summed E-state index contributed by atoms with van der Waals surface area (Å²) in [5.74, 6) is -0.0254. The largest absolute Gasteiger partial charge is 0.394 e. The van der Waals surface area contributed by atoms with Crippen LogP contribution in [0.3, 0.4) is 0 Å². The van der Waals surface area contributed by atoms with Crippen molar-refractivity contribution in [1.29, 1.82) is 0 Å². The van der Waals surface area contributed by atoms with Crippen LogP contribution in [0.2, 0.25) is 0 Å². The van der Waals surface area contributed by atoms with Gasteiger partial charge >= 0.3 is 0 Å². The summed E-state index contributed by atoms with van der Waals surface area (Å²) < 4.78 is 5.72. The van der Waals surface area contributed by atoms with Crippen molar-refractivity contribution >= 4 is 16.7 Å². The van der Waals surface area contributed by atoms with Crippen LogP contribution in [0.4, 0.5) is 0 Å². The number of carbonyl (C=O) groups excluding carboxylic acids is 1. The second-order valence-corrected chi connectivity index (χ2v) is 6.97. The van der Waals surface area contributed by atoms with Crippen LogP contribution in [-0.2, 0) is 16.0 Å². The number of H-pyrrole nitrogens is 1. The standard InChI is InChI=1S/C19H26N2O6/c1-9(23)13(20-2)7-11-10-5-3-4-6-12(10)21-15(11)19-18(26)17(25)16(24)14(8-22)27-19/h3-6,13-14,16-22,24-26H,7-8H2,1-2H3/t13-,14?,16+,17?,18?,19+/m0/s1. The van der Waals surface area contributed by atoms with E-state index < -0.39 is 43.2 Å². The second-order valence-electron chi connectivity index (χ2n) is 6.97. The monoisotopic (exact) mass is 378 g/mol. The summed E-state index contributed by atoms with van der Waals surface area (Å²) in [7, 11) is 1.70. The lowest BCUT2D eigenvalue weighted by molar-refractivity contribution is -0.232. The number of fused-ring (bicyclic) bond motifs is 1. The number of benzene rings is 1. The number of hydrogen-bond donors (Lipinski definition) is 6. The molecule has 3 rings (SSSR count). The van der Waals surface area contributed by atoms with E-state index in [0.29, 0.717) is 12.1 Å². The number of nitrogens with one attached hydrogen (secondary N) is 2. The molecule has 0 spiro atoms. The van der Waals surface area contributed by atoms with E-state index in [4.69, 9.17) is 4.74 Å². The van der Waals surface area contributed by atoms with Crippen LogP contribution in [0.1, 0.15) is 24.3 Å². The molecule has 8 heteroatoms. The van der Waals surface area contributed by atoms with Gasteiger partial charge in [-0.3, -0.25) is 4.79 Å². The van der Waals surface area contributed by atoms with Crippen LogP contribution in [0.5, 0.6) is 0 Å². The molecule has 0 bridgehead atoms. The first kappa shape index (κ1) is 19.9. The number of carbonyl (C=O) groups is 1. The third kappa shape index (κ3) is 3.64. The second kappa shape index (κ2) is 8.05. The molecule has 6 N–H and O–H groups in total. The highest BCUT2D eigenvalue weighted by molar-refractivity contribution is 5.87. The van der Waals surface area contributed by atoms with Gasteiger partial charge in [-0.15, -0.1) is 0 Å². The van der Waals surface area contributed by atoms with Crippen LogP contribution >= 0.6 is 0 Å². The van der Waals surface area contributed by atoms with Gasteiger partial charge in [0.15, 0.2) is 0 Å². The molecule has 0 aliphatic carbocycles. The molecule has 0 amide bonds. The Bertz CT molecular complexity index is 805. The normalized spacial score (nSPS) is 29.8. The van der Waals surface area contributed by atoms with Crippen molar-refractivity contribution in [3.63, 3.8) is 0 Å². The molecule has 8 nitrogen and oxygen atoms in total. The van der Waals surface area contributed by atoms with E-state index in [2.05, 4.69) is 10.3 Å². The zero-order chi connectivity index (χ0) is 19.7. The van der Waals surface area contributed by atoms with Crippen molar-refractivity contribution in [3.8, 4) is 0 Å². The number of para-hydroxylation sites is 1. The average Bonchev–Trinajstić information content (AvgIpc) is 3.02. The molecule has 6 atom stereocenters. The van der Waals surface area contributed by atoms with E-state index in [1.54, 1.807) is 7.05 Å². The Balaban J connectivity index is 2.07. The maximum Gasteiger partial charge on any atom is 0.147 e. The number of rotatable bonds is 6. The summed E-state index contributed by atoms with van der Waals surface area (Å²) >= 11 is 0. The van der Waals surface area contributed by atoms with Crippen LogP contribution in [-0.4, -0.2) is 75.3 Å². The van der Waals surface area contributed by atoms with Gasteiger partial charge in [0, 0.05) is 10.9 Å². The molecule has 2 aromatic rings. The SMILES string of the molecule is CN[C@@H](Cc1c([C@H]2OC(CO)[C@@H](O)C(O)C2O)[nH]c2ccccc12)C(C)=O. The molecule has 2 heterocycles. The number of Topliss-reactive ketones (excluding diaryl/α,β-unsaturated/α-hetero) is 1. The molecule has 1 fully saturated rings. The number of likely N-dealkylation sites (N-methyl/N-ethyl adjacent to an activating group) is 1. The highest BCUT2D eigenvalue weighted by Crippen LogP contribution is 2.37. The average molecular weight is 378 g/mol. The maximum atomic E-state index is 11.9. The first-order chi connectivity index (χ1) is 12.9. The summed E-state index contributed by atoms with van der Waals surface area (Å²) in [6.45, 7) is 1.01. The molecular formula is C19H26N2O6. The smallest absolute Gasteiger partial charge is 0.147 e. The van der Waals surface area contributed by atoms with Crippen LogP contribution in [0, 0.1) is 0 Å². The van der Waals surface area contributed by atoms with E-state index in [0.717, 1.165) is 16.5 Å². The summed E-state index contributed by atoms with van der Waals surface area (Å²) in [5, 5.41) is 44.0. The fraction of sp³-hybridized carbons (Fsp3) is 0.526. The minimum atomic E-state index is -1.46. The Morgan fingerprint density at radius 2 is 1.93 bits per heavy atom. The van der Waals surface area contributed by atoms with Gasteiger partial charge in [-0.1, -0.05) is 18.2 Å². The zero-order valence-corrected chi connectivity index (χ0v) is 15.3. The third-order valence-corrected chi connectivity index (χ3v) is 5.27. The molecule has 0 radical (unpaired) electrons. The molecule has 27 heavy (non-hydrogen) atoms. The van der Waals surface area contributed by atoms with Crippen molar-refractivity contribution in [2.75, 3.05) is 13.7 Å². The maximum absolute atomic E-state index is 11.9. The number of hydrogen-bond acceptors (Lipinski definition) is 7. The van der Waals surface area contributed by atoms with Gasteiger partial charge in [0.1, 0.15) is 36.3 Å².